The molecule has 0 bridgehead atoms. The van der Waals surface area contributed by atoms with E-state index in [1.165, 1.54) is 6.92 Å². The Hall–Kier alpha value is -2.08. The zero-order valence-corrected chi connectivity index (χ0v) is 14.4. The molecule has 24 heavy (non-hydrogen) atoms. The van der Waals surface area contributed by atoms with Gasteiger partial charge in [0.1, 0.15) is 6.04 Å². The smallest absolute Gasteiger partial charge is 0.254 e. The molecule has 2 aliphatic heterocycles. The van der Waals surface area contributed by atoms with Crippen LogP contribution < -0.4 is 5.32 Å². The summed E-state index contributed by atoms with van der Waals surface area (Å²) in [6, 6.07) is 6.11. The highest BCUT2D eigenvalue weighted by atomic mass is 35.5. The Labute approximate surface area is 145 Å². The van der Waals surface area contributed by atoms with Crippen molar-refractivity contribution in [3.05, 3.63) is 34.9 Å². The molecule has 1 N–H and O–H groups in total. The van der Waals surface area contributed by atoms with Crippen LogP contribution in [0.25, 0.3) is 0 Å². The molecular formula is C17H20ClN3O3. The molecule has 6 nitrogen and oxygen atoms in total. The molecule has 0 saturated carbocycles. The number of carbonyl (C=O) groups is 3. The Morgan fingerprint density at radius 3 is 2.71 bits per heavy atom. The number of benzene rings is 1. The number of hydrogen-bond acceptors (Lipinski definition) is 3. The fraction of sp³-hybridized carbons (Fsp3) is 0.471. The van der Waals surface area contributed by atoms with Crippen molar-refractivity contribution in [3.8, 4) is 0 Å². The minimum absolute atomic E-state index is 0.0510. The lowest BCUT2D eigenvalue weighted by Crippen LogP contribution is -2.60. The molecule has 0 unspecified atom stereocenters. The summed E-state index contributed by atoms with van der Waals surface area (Å²) in [7, 11) is 0. The molecular weight excluding hydrogens is 330 g/mol. The van der Waals surface area contributed by atoms with Crippen LogP contribution in [0.1, 0.15) is 30.6 Å². The maximum Gasteiger partial charge on any atom is 0.254 e. The molecule has 1 aromatic rings. The Balaban J connectivity index is 1.78. The summed E-state index contributed by atoms with van der Waals surface area (Å²) < 4.78 is 0. The van der Waals surface area contributed by atoms with Crippen LogP contribution in [0.3, 0.4) is 0 Å². The number of hydrogen-bond donors (Lipinski definition) is 1. The Bertz CT molecular complexity index is 693. The molecule has 2 heterocycles. The summed E-state index contributed by atoms with van der Waals surface area (Å²) in [4.78, 5) is 40.1. The second kappa shape index (κ2) is 6.43. The molecule has 3 amide bonds. The topological polar surface area (TPSA) is 69.7 Å². The third-order valence-corrected chi connectivity index (χ3v) is 4.90. The molecule has 1 aromatic carbocycles. The van der Waals surface area contributed by atoms with E-state index in [9.17, 15) is 14.4 Å². The van der Waals surface area contributed by atoms with Crippen molar-refractivity contribution in [2.45, 2.75) is 38.4 Å². The molecule has 3 atom stereocenters. The van der Waals surface area contributed by atoms with Gasteiger partial charge in [-0.2, -0.15) is 0 Å². The first-order valence-corrected chi connectivity index (χ1v) is 8.38. The van der Waals surface area contributed by atoms with Gasteiger partial charge in [0.2, 0.25) is 11.8 Å². The van der Waals surface area contributed by atoms with Crippen LogP contribution in [0.5, 0.6) is 0 Å². The summed E-state index contributed by atoms with van der Waals surface area (Å²) >= 11 is 5.96. The van der Waals surface area contributed by atoms with Gasteiger partial charge in [-0.1, -0.05) is 17.7 Å². The standard InChI is InChI=1S/C17H20ClN3O3/c1-10-16(23)21-8-14(19-11(2)22)7-15(21)9-20(10)17(24)12-4-3-5-13(18)6-12/h3-6,10,14-15H,7-9H2,1-2H3,(H,19,22)/t10-,14-,15-/m0/s1. The zero-order valence-electron chi connectivity index (χ0n) is 13.7. The van der Waals surface area contributed by atoms with E-state index in [0.29, 0.717) is 30.1 Å². The minimum atomic E-state index is -0.524. The van der Waals surface area contributed by atoms with E-state index in [1.807, 2.05) is 0 Å². The number of nitrogens with zero attached hydrogens (tertiary/aromatic N) is 2. The van der Waals surface area contributed by atoms with Gasteiger partial charge in [0.05, 0.1) is 6.04 Å². The van der Waals surface area contributed by atoms with Gasteiger partial charge in [0.15, 0.2) is 0 Å². The third kappa shape index (κ3) is 3.11. The molecule has 3 rings (SSSR count). The molecule has 2 aliphatic rings. The van der Waals surface area contributed by atoms with Gasteiger partial charge in [0, 0.05) is 36.6 Å². The first-order chi connectivity index (χ1) is 11.4. The molecule has 0 aromatic heterocycles. The van der Waals surface area contributed by atoms with Crippen LogP contribution in [-0.4, -0.2) is 58.7 Å². The van der Waals surface area contributed by atoms with Gasteiger partial charge in [-0.05, 0) is 31.5 Å². The Kier molecular flexibility index (Phi) is 4.49. The van der Waals surface area contributed by atoms with Crippen molar-refractivity contribution in [3.63, 3.8) is 0 Å². The first-order valence-electron chi connectivity index (χ1n) is 8.01. The average Bonchev–Trinajstić information content (AvgIpc) is 2.92. The highest BCUT2D eigenvalue weighted by molar-refractivity contribution is 6.31. The lowest BCUT2D eigenvalue weighted by Gasteiger charge is -2.41. The highest BCUT2D eigenvalue weighted by Crippen LogP contribution is 2.27. The van der Waals surface area contributed by atoms with E-state index in [2.05, 4.69) is 5.32 Å². The second-order valence-corrected chi connectivity index (χ2v) is 6.86. The fourth-order valence-corrected chi connectivity index (χ4v) is 3.75. The maximum atomic E-state index is 12.8. The highest BCUT2D eigenvalue weighted by Gasteiger charge is 2.45. The van der Waals surface area contributed by atoms with Gasteiger partial charge in [0.25, 0.3) is 5.91 Å². The molecule has 2 fully saturated rings. The van der Waals surface area contributed by atoms with E-state index in [4.69, 9.17) is 11.6 Å². The third-order valence-electron chi connectivity index (χ3n) is 4.67. The van der Waals surface area contributed by atoms with Crippen LogP contribution in [0, 0.1) is 0 Å². The largest absolute Gasteiger partial charge is 0.352 e. The van der Waals surface area contributed by atoms with Gasteiger partial charge in [-0.15, -0.1) is 0 Å². The quantitative estimate of drug-likeness (QED) is 0.874. The van der Waals surface area contributed by atoms with Crippen molar-refractivity contribution in [2.75, 3.05) is 13.1 Å². The Morgan fingerprint density at radius 2 is 2.04 bits per heavy atom. The van der Waals surface area contributed by atoms with Crippen LogP contribution >= 0.6 is 11.6 Å². The number of amides is 3. The molecule has 0 spiro atoms. The number of rotatable bonds is 2. The molecule has 0 aliphatic carbocycles. The van der Waals surface area contributed by atoms with E-state index in [-0.39, 0.29) is 29.8 Å². The summed E-state index contributed by atoms with van der Waals surface area (Å²) in [6.45, 7) is 4.18. The predicted octanol–water partition coefficient (Wildman–Crippen LogP) is 1.29. The van der Waals surface area contributed by atoms with Gasteiger partial charge in [-0.25, -0.2) is 0 Å². The average molecular weight is 350 g/mol. The number of carbonyl (C=O) groups excluding carboxylic acids is 3. The van der Waals surface area contributed by atoms with Crippen LogP contribution in [0.15, 0.2) is 24.3 Å². The molecule has 0 radical (unpaired) electrons. The Morgan fingerprint density at radius 1 is 1.29 bits per heavy atom. The van der Waals surface area contributed by atoms with E-state index in [1.54, 1.807) is 41.0 Å². The van der Waals surface area contributed by atoms with E-state index >= 15 is 0 Å². The second-order valence-electron chi connectivity index (χ2n) is 6.42. The van der Waals surface area contributed by atoms with Crippen molar-refractivity contribution >= 4 is 29.3 Å². The normalized spacial score (nSPS) is 26.3. The van der Waals surface area contributed by atoms with Crippen molar-refractivity contribution in [2.24, 2.45) is 0 Å². The summed E-state index contributed by atoms with van der Waals surface area (Å²) in [5.41, 5.74) is 0.479. The molecule has 128 valence electrons. The van der Waals surface area contributed by atoms with Crippen molar-refractivity contribution < 1.29 is 14.4 Å². The van der Waals surface area contributed by atoms with Gasteiger partial charge in [-0.3, -0.25) is 14.4 Å². The maximum absolute atomic E-state index is 12.8. The van der Waals surface area contributed by atoms with Gasteiger partial charge >= 0.3 is 0 Å². The van der Waals surface area contributed by atoms with E-state index in [0.717, 1.165) is 0 Å². The minimum Gasteiger partial charge on any atom is -0.352 e. The lowest BCUT2D eigenvalue weighted by molar-refractivity contribution is -0.141. The first kappa shape index (κ1) is 16.8. The monoisotopic (exact) mass is 349 g/mol. The summed E-state index contributed by atoms with van der Waals surface area (Å²) in [5.74, 6) is -0.373. The summed E-state index contributed by atoms with van der Waals surface area (Å²) in [5, 5.41) is 3.35. The molecule has 7 heteroatoms. The number of halogens is 1. The van der Waals surface area contributed by atoms with Crippen LogP contribution in [0.2, 0.25) is 5.02 Å². The van der Waals surface area contributed by atoms with Gasteiger partial charge < -0.3 is 15.1 Å². The number of piperazine rings is 1. The predicted molar refractivity (Wildman–Crippen MR) is 89.7 cm³/mol. The van der Waals surface area contributed by atoms with Crippen molar-refractivity contribution in [1.82, 2.24) is 15.1 Å². The fourth-order valence-electron chi connectivity index (χ4n) is 3.56. The van der Waals surface area contributed by atoms with Crippen LogP contribution in [0.4, 0.5) is 0 Å². The summed E-state index contributed by atoms with van der Waals surface area (Å²) in [6.07, 6.45) is 0.664. The van der Waals surface area contributed by atoms with E-state index < -0.39 is 6.04 Å². The van der Waals surface area contributed by atoms with Crippen LogP contribution in [-0.2, 0) is 9.59 Å². The van der Waals surface area contributed by atoms with Crippen molar-refractivity contribution in [1.29, 1.82) is 0 Å². The molecule has 2 saturated heterocycles. The SMILES string of the molecule is CC(=O)N[C@H]1C[C@H]2CN(C(=O)c3cccc(Cl)c3)[C@@H](C)C(=O)N2C1. The zero-order chi connectivity index (χ0) is 17.4. The number of nitrogens with one attached hydrogen (secondary N) is 1. The number of fused-ring (bicyclic) bond motifs is 1. The lowest BCUT2D eigenvalue weighted by atomic mass is 10.0.